The van der Waals surface area contributed by atoms with Gasteiger partial charge >= 0.3 is 6.09 Å². The zero-order valence-electron chi connectivity index (χ0n) is 12.7. The molecule has 1 aromatic heterocycles. The van der Waals surface area contributed by atoms with E-state index in [0.717, 1.165) is 30.5 Å². The summed E-state index contributed by atoms with van der Waals surface area (Å²) in [5.41, 5.74) is 3.29. The Morgan fingerprint density at radius 1 is 1.32 bits per heavy atom. The van der Waals surface area contributed by atoms with Crippen molar-refractivity contribution in [3.05, 3.63) is 65.5 Å². The molecular weight excluding hydrogens is 276 g/mol. The van der Waals surface area contributed by atoms with Gasteiger partial charge in [0.05, 0.1) is 6.04 Å². The molecule has 114 valence electrons. The summed E-state index contributed by atoms with van der Waals surface area (Å²) in [6, 6.07) is 11.8. The number of amides is 1. The van der Waals surface area contributed by atoms with E-state index in [9.17, 15) is 4.79 Å². The van der Waals surface area contributed by atoms with E-state index in [2.05, 4.69) is 11.9 Å². The van der Waals surface area contributed by atoms with Crippen LogP contribution in [0, 0.1) is 6.92 Å². The summed E-state index contributed by atoms with van der Waals surface area (Å²) in [6.45, 7) is 3.12. The lowest BCUT2D eigenvalue weighted by Crippen LogP contribution is -2.31. The molecule has 1 aliphatic heterocycles. The van der Waals surface area contributed by atoms with E-state index in [1.54, 1.807) is 6.20 Å². The minimum absolute atomic E-state index is 0.0805. The van der Waals surface area contributed by atoms with Gasteiger partial charge in [-0.25, -0.2) is 4.79 Å². The SMILES string of the molecule is Cc1ccncc1[C@@H]1CCCN1C(=O)OCc1ccccc1. The summed E-state index contributed by atoms with van der Waals surface area (Å²) in [5, 5.41) is 0. The summed E-state index contributed by atoms with van der Waals surface area (Å²) < 4.78 is 5.47. The number of likely N-dealkylation sites (tertiary alicyclic amines) is 1. The van der Waals surface area contributed by atoms with E-state index in [4.69, 9.17) is 4.74 Å². The van der Waals surface area contributed by atoms with Gasteiger partial charge in [-0.3, -0.25) is 4.98 Å². The van der Waals surface area contributed by atoms with Gasteiger partial charge in [-0.1, -0.05) is 30.3 Å². The average molecular weight is 296 g/mol. The minimum Gasteiger partial charge on any atom is -0.445 e. The Labute approximate surface area is 130 Å². The van der Waals surface area contributed by atoms with Crippen molar-refractivity contribution in [3.8, 4) is 0 Å². The molecule has 1 atom stereocenters. The first-order valence-electron chi connectivity index (χ1n) is 7.63. The Balaban J connectivity index is 1.68. The molecule has 0 radical (unpaired) electrons. The van der Waals surface area contributed by atoms with Crippen LogP contribution in [0.5, 0.6) is 0 Å². The van der Waals surface area contributed by atoms with E-state index in [-0.39, 0.29) is 12.1 Å². The zero-order chi connectivity index (χ0) is 15.4. The first-order chi connectivity index (χ1) is 10.8. The zero-order valence-corrected chi connectivity index (χ0v) is 12.7. The van der Waals surface area contributed by atoms with Crippen molar-refractivity contribution in [1.29, 1.82) is 0 Å². The molecule has 22 heavy (non-hydrogen) atoms. The van der Waals surface area contributed by atoms with Gasteiger partial charge in [0.1, 0.15) is 6.61 Å². The molecule has 1 aromatic carbocycles. The van der Waals surface area contributed by atoms with Crippen LogP contribution in [-0.4, -0.2) is 22.5 Å². The number of hydrogen-bond donors (Lipinski definition) is 0. The van der Waals surface area contributed by atoms with Crippen molar-refractivity contribution in [1.82, 2.24) is 9.88 Å². The summed E-state index contributed by atoms with van der Waals surface area (Å²) in [5.74, 6) is 0. The van der Waals surface area contributed by atoms with Crippen LogP contribution in [0.1, 0.15) is 35.6 Å². The third kappa shape index (κ3) is 3.11. The normalized spacial score (nSPS) is 17.5. The standard InChI is InChI=1S/C18H20N2O2/c1-14-9-10-19-12-16(14)17-8-5-11-20(17)18(21)22-13-15-6-3-2-4-7-15/h2-4,6-7,9-10,12,17H,5,8,11,13H2,1H3/t17-/m0/s1. The molecule has 1 aliphatic rings. The van der Waals surface area contributed by atoms with Gasteiger partial charge in [-0.05, 0) is 42.5 Å². The molecule has 2 aromatic rings. The van der Waals surface area contributed by atoms with Gasteiger partial charge in [0.2, 0.25) is 0 Å². The van der Waals surface area contributed by atoms with Crippen LogP contribution < -0.4 is 0 Å². The van der Waals surface area contributed by atoms with Crippen LogP contribution in [-0.2, 0) is 11.3 Å². The largest absolute Gasteiger partial charge is 0.445 e. The van der Waals surface area contributed by atoms with E-state index in [0.29, 0.717) is 6.61 Å². The molecule has 0 spiro atoms. The van der Waals surface area contributed by atoms with Crippen LogP contribution in [0.15, 0.2) is 48.8 Å². The number of carbonyl (C=O) groups is 1. The Morgan fingerprint density at radius 2 is 2.14 bits per heavy atom. The fraction of sp³-hybridized carbons (Fsp3) is 0.333. The molecule has 0 bridgehead atoms. The predicted molar refractivity (Wildman–Crippen MR) is 84.3 cm³/mol. The summed E-state index contributed by atoms with van der Waals surface area (Å²) in [4.78, 5) is 18.4. The lowest BCUT2D eigenvalue weighted by atomic mass is 10.0. The van der Waals surface area contributed by atoms with E-state index in [1.165, 1.54) is 5.56 Å². The summed E-state index contributed by atoms with van der Waals surface area (Å²) in [6.07, 6.45) is 5.37. The molecule has 2 heterocycles. The second kappa shape index (κ2) is 6.60. The number of rotatable bonds is 3. The number of carbonyl (C=O) groups excluding carboxylic acids is 1. The van der Waals surface area contributed by atoms with E-state index >= 15 is 0 Å². The first-order valence-corrected chi connectivity index (χ1v) is 7.63. The van der Waals surface area contributed by atoms with Crippen molar-refractivity contribution in [2.24, 2.45) is 0 Å². The molecule has 1 amide bonds. The van der Waals surface area contributed by atoms with Crippen LogP contribution in [0.3, 0.4) is 0 Å². The van der Waals surface area contributed by atoms with Crippen molar-refractivity contribution >= 4 is 6.09 Å². The van der Waals surface area contributed by atoms with Crippen LogP contribution >= 0.6 is 0 Å². The Kier molecular flexibility index (Phi) is 4.37. The number of benzene rings is 1. The van der Waals surface area contributed by atoms with Crippen molar-refractivity contribution in [2.75, 3.05) is 6.54 Å². The topological polar surface area (TPSA) is 42.4 Å². The van der Waals surface area contributed by atoms with E-state index < -0.39 is 0 Å². The fourth-order valence-corrected chi connectivity index (χ4v) is 2.94. The molecular formula is C18H20N2O2. The Hall–Kier alpha value is -2.36. The molecule has 0 saturated carbocycles. The second-order valence-electron chi connectivity index (χ2n) is 5.62. The minimum atomic E-state index is -0.241. The van der Waals surface area contributed by atoms with E-state index in [1.807, 2.05) is 47.5 Å². The van der Waals surface area contributed by atoms with Gasteiger partial charge in [0.15, 0.2) is 0 Å². The molecule has 1 saturated heterocycles. The molecule has 0 unspecified atom stereocenters. The number of nitrogens with zero attached hydrogens (tertiary/aromatic N) is 2. The Bertz CT molecular complexity index is 643. The fourth-order valence-electron chi connectivity index (χ4n) is 2.94. The highest BCUT2D eigenvalue weighted by Crippen LogP contribution is 2.33. The van der Waals surface area contributed by atoms with Crippen molar-refractivity contribution in [2.45, 2.75) is 32.4 Å². The van der Waals surface area contributed by atoms with Gasteiger partial charge in [0, 0.05) is 18.9 Å². The van der Waals surface area contributed by atoms with Crippen LogP contribution in [0.4, 0.5) is 4.79 Å². The third-order valence-electron chi connectivity index (χ3n) is 4.13. The smallest absolute Gasteiger partial charge is 0.410 e. The Morgan fingerprint density at radius 3 is 2.91 bits per heavy atom. The molecule has 4 heteroatoms. The van der Waals surface area contributed by atoms with Crippen molar-refractivity contribution in [3.63, 3.8) is 0 Å². The van der Waals surface area contributed by atoms with Gasteiger partial charge in [-0.2, -0.15) is 0 Å². The summed E-state index contributed by atoms with van der Waals surface area (Å²) >= 11 is 0. The quantitative estimate of drug-likeness (QED) is 0.863. The first kappa shape index (κ1) is 14.6. The lowest BCUT2D eigenvalue weighted by molar-refractivity contribution is 0.0919. The highest BCUT2D eigenvalue weighted by molar-refractivity contribution is 5.69. The van der Waals surface area contributed by atoms with Gasteiger partial charge < -0.3 is 9.64 Å². The van der Waals surface area contributed by atoms with Gasteiger partial charge in [-0.15, -0.1) is 0 Å². The molecule has 4 nitrogen and oxygen atoms in total. The maximum absolute atomic E-state index is 12.4. The number of aromatic nitrogens is 1. The lowest BCUT2D eigenvalue weighted by Gasteiger charge is -2.25. The van der Waals surface area contributed by atoms with Crippen LogP contribution in [0.2, 0.25) is 0 Å². The molecule has 3 rings (SSSR count). The number of aryl methyl sites for hydroxylation is 1. The second-order valence-corrected chi connectivity index (χ2v) is 5.62. The maximum Gasteiger partial charge on any atom is 0.410 e. The van der Waals surface area contributed by atoms with Gasteiger partial charge in [0.25, 0.3) is 0 Å². The number of pyridine rings is 1. The average Bonchev–Trinajstić information content (AvgIpc) is 3.03. The van der Waals surface area contributed by atoms with Crippen LogP contribution in [0.25, 0.3) is 0 Å². The molecule has 1 fully saturated rings. The highest BCUT2D eigenvalue weighted by Gasteiger charge is 2.32. The molecule has 0 N–H and O–H groups in total. The number of ether oxygens (including phenoxy) is 1. The maximum atomic E-state index is 12.4. The molecule has 0 aliphatic carbocycles. The van der Waals surface area contributed by atoms with Crippen molar-refractivity contribution < 1.29 is 9.53 Å². The highest BCUT2D eigenvalue weighted by atomic mass is 16.6. The summed E-state index contributed by atoms with van der Waals surface area (Å²) in [7, 11) is 0. The number of hydrogen-bond acceptors (Lipinski definition) is 3. The monoisotopic (exact) mass is 296 g/mol. The predicted octanol–water partition coefficient (Wildman–Crippen LogP) is 3.86. The third-order valence-corrected chi connectivity index (χ3v) is 4.13.